The third kappa shape index (κ3) is 4.43. The highest BCUT2D eigenvalue weighted by Crippen LogP contribution is 2.27. The Labute approximate surface area is 162 Å². The van der Waals surface area contributed by atoms with Gasteiger partial charge in [-0.05, 0) is 70.8 Å². The summed E-state index contributed by atoms with van der Waals surface area (Å²) >= 11 is 0. The molecule has 3 fully saturated rings. The quantitative estimate of drug-likeness (QED) is 0.876. The predicted octanol–water partition coefficient (Wildman–Crippen LogP) is 1.96. The highest BCUT2D eigenvalue weighted by Gasteiger charge is 2.33. The average Bonchev–Trinajstić information content (AvgIpc) is 3.25. The van der Waals surface area contributed by atoms with Crippen molar-refractivity contribution in [3.05, 3.63) is 23.9 Å². The van der Waals surface area contributed by atoms with Gasteiger partial charge in [0.1, 0.15) is 5.82 Å². The van der Waals surface area contributed by atoms with Crippen LogP contribution in [0.1, 0.15) is 44.1 Å². The lowest BCUT2D eigenvalue weighted by atomic mass is 9.92. The van der Waals surface area contributed by atoms with Crippen LogP contribution in [0.5, 0.6) is 0 Å². The molecule has 3 saturated heterocycles. The number of likely N-dealkylation sites (tertiary alicyclic amines) is 3. The molecule has 0 unspecified atom stereocenters. The number of amides is 1. The molecule has 0 spiro atoms. The number of nitrogen functional groups attached to an aromatic ring is 1. The minimum atomic E-state index is 0.271. The van der Waals surface area contributed by atoms with Crippen LogP contribution in [-0.4, -0.2) is 70.9 Å². The zero-order chi connectivity index (χ0) is 18.6. The maximum absolute atomic E-state index is 12.6. The fourth-order valence-corrected chi connectivity index (χ4v) is 4.98. The molecule has 6 heteroatoms. The van der Waals surface area contributed by atoms with E-state index in [0.29, 0.717) is 17.8 Å². The number of rotatable bonds is 4. The molecule has 0 aromatic carbocycles. The largest absolute Gasteiger partial charge is 0.383 e. The van der Waals surface area contributed by atoms with Crippen molar-refractivity contribution in [3.63, 3.8) is 0 Å². The van der Waals surface area contributed by atoms with Crippen molar-refractivity contribution in [3.8, 4) is 0 Å². The molecule has 4 rings (SSSR count). The van der Waals surface area contributed by atoms with Crippen LogP contribution in [0.25, 0.3) is 0 Å². The van der Waals surface area contributed by atoms with E-state index in [-0.39, 0.29) is 5.92 Å². The number of nitrogens with zero attached hydrogens (tertiary/aromatic N) is 4. The summed E-state index contributed by atoms with van der Waals surface area (Å²) in [5.74, 6) is 1.35. The summed E-state index contributed by atoms with van der Waals surface area (Å²) in [7, 11) is 0. The second-order valence-electron chi connectivity index (χ2n) is 8.40. The highest BCUT2D eigenvalue weighted by atomic mass is 16.2. The van der Waals surface area contributed by atoms with Crippen LogP contribution in [0.3, 0.4) is 0 Å². The van der Waals surface area contributed by atoms with E-state index in [0.717, 1.165) is 64.2 Å². The molecule has 1 amide bonds. The Morgan fingerprint density at radius 1 is 1.04 bits per heavy atom. The van der Waals surface area contributed by atoms with Crippen LogP contribution >= 0.6 is 0 Å². The molecule has 4 heterocycles. The smallest absolute Gasteiger partial charge is 0.225 e. The van der Waals surface area contributed by atoms with Gasteiger partial charge in [0.2, 0.25) is 5.91 Å². The molecule has 1 aromatic heterocycles. The number of anilines is 1. The molecule has 6 nitrogen and oxygen atoms in total. The summed E-state index contributed by atoms with van der Waals surface area (Å²) in [6.07, 6.45) is 8.64. The fourth-order valence-electron chi connectivity index (χ4n) is 4.98. The van der Waals surface area contributed by atoms with E-state index in [1.165, 1.54) is 25.7 Å². The lowest BCUT2D eigenvalue weighted by molar-refractivity contribution is -0.136. The number of pyridine rings is 1. The lowest BCUT2D eigenvalue weighted by Gasteiger charge is -2.42. The van der Waals surface area contributed by atoms with Crippen molar-refractivity contribution in [1.82, 2.24) is 19.7 Å². The third-order valence-electron chi connectivity index (χ3n) is 6.69. The van der Waals surface area contributed by atoms with Crippen LogP contribution in [0.2, 0.25) is 0 Å². The van der Waals surface area contributed by atoms with E-state index in [9.17, 15) is 4.79 Å². The summed E-state index contributed by atoms with van der Waals surface area (Å²) in [6.45, 7) is 7.28. The van der Waals surface area contributed by atoms with Crippen LogP contribution in [0.15, 0.2) is 18.3 Å². The normalized spacial score (nSPS) is 23.8. The van der Waals surface area contributed by atoms with Crippen molar-refractivity contribution >= 4 is 11.7 Å². The van der Waals surface area contributed by atoms with E-state index < -0.39 is 0 Å². The van der Waals surface area contributed by atoms with Crippen LogP contribution < -0.4 is 5.73 Å². The van der Waals surface area contributed by atoms with Crippen molar-refractivity contribution in [1.29, 1.82) is 0 Å². The van der Waals surface area contributed by atoms with Gasteiger partial charge < -0.3 is 15.5 Å². The van der Waals surface area contributed by atoms with E-state index in [4.69, 9.17) is 5.73 Å². The standard InChI is InChI=1S/C21H33N5O/c22-20-18(4-3-9-23-20)16-24-12-7-19(8-13-24)25-14-5-17(6-15-25)21(27)26-10-1-2-11-26/h3-4,9,17,19H,1-2,5-8,10-16H2,(H2,22,23). The Hall–Kier alpha value is -1.66. The molecule has 0 bridgehead atoms. The number of aromatic nitrogens is 1. The van der Waals surface area contributed by atoms with Crippen molar-refractivity contribution in [2.24, 2.45) is 5.92 Å². The van der Waals surface area contributed by atoms with E-state index >= 15 is 0 Å². The molecular weight excluding hydrogens is 338 g/mol. The number of carbonyl (C=O) groups excluding carboxylic acids is 1. The van der Waals surface area contributed by atoms with Crippen LogP contribution in [0, 0.1) is 5.92 Å². The Balaban J connectivity index is 1.21. The van der Waals surface area contributed by atoms with Gasteiger partial charge in [0.25, 0.3) is 0 Å². The molecule has 27 heavy (non-hydrogen) atoms. The summed E-state index contributed by atoms with van der Waals surface area (Å²) in [6, 6.07) is 4.72. The van der Waals surface area contributed by atoms with E-state index in [2.05, 4.69) is 25.8 Å². The SMILES string of the molecule is Nc1ncccc1CN1CCC(N2CCC(C(=O)N3CCCC3)CC2)CC1. The Bertz CT molecular complexity index is 629. The van der Waals surface area contributed by atoms with E-state index in [1.54, 1.807) is 6.20 Å². The summed E-state index contributed by atoms with van der Waals surface area (Å²) in [5.41, 5.74) is 7.12. The summed E-state index contributed by atoms with van der Waals surface area (Å²) < 4.78 is 0. The molecule has 0 radical (unpaired) electrons. The van der Waals surface area contributed by atoms with Crippen molar-refractivity contribution < 1.29 is 4.79 Å². The molecular formula is C21H33N5O. The van der Waals surface area contributed by atoms with Crippen LogP contribution in [0.4, 0.5) is 5.82 Å². The zero-order valence-electron chi connectivity index (χ0n) is 16.4. The molecule has 0 aliphatic carbocycles. The first-order valence-corrected chi connectivity index (χ1v) is 10.7. The number of piperidine rings is 2. The molecule has 148 valence electrons. The van der Waals surface area contributed by atoms with Gasteiger partial charge in [0.05, 0.1) is 0 Å². The number of carbonyl (C=O) groups is 1. The van der Waals surface area contributed by atoms with Gasteiger partial charge in [0.15, 0.2) is 0 Å². The lowest BCUT2D eigenvalue weighted by Crippen LogP contribution is -2.49. The first-order chi connectivity index (χ1) is 13.2. The van der Waals surface area contributed by atoms with Gasteiger partial charge in [-0.3, -0.25) is 9.69 Å². The van der Waals surface area contributed by atoms with Gasteiger partial charge in [-0.15, -0.1) is 0 Å². The third-order valence-corrected chi connectivity index (χ3v) is 6.69. The Kier molecular flexibility index (Phi) is 5.93. The summed E-state index contributed by atoms with van der Waals surface area (Å²) in [4.78, 5) is 24.0. The molecule has 3 aliphatic rings. The molecule has 0 saturated carbocycles. The topological polar surface area (TPSA) is 65.7 Å². The molecule has 3 aliphatic heterocycles. The average molecular weight is 372 g/mol. The number of hydrogen-bond donors (Lipinski definition) is 1. The van der Waals surface area contributed by atoms with Gasteiger partial charge in [0, 0.05) is 43.4 Å². The van der Waals surface area contributed by atoms with Gasteiger partial charge >= 0.3 is 0 Å². The number of hydrogen-bond acceptors (Lipinski definition) is 5. The molecule has 1 aromatic rings. The summed E-state index contributed by atoms with van der Waals surface area (Å²) in [5, 5.41) is 0. The van der Waals surface area contributed by atoms with Gasteiger partial charge in [-0.1, -0.05) is 6.07 Å². The first-order valence-electron chi connectivity index (χ1n) is 10.7. The second kappa shape index (κ2) is 8.57. The minimum absolute atomic E-state index is 0.271. The Morgan fingerprint density at radius 2 is 1.74 bits per heavy atom. The monoisotopic (exact) mass is 371 g/mol. The second-order valence-corrected chi connectivity index (χ2v) is 8.40. The number of nitrogens with two attached hydrogens (primary N) is 1. The zero-order valence-corrected chi connectivity index (χ0v) is 16.4. The highest BCUT2D eigenvalue weighted by molar-refractivity contribution is 5.79. The fraction of sp³-hybridized carbons (Fsp3) is 0.714. The van der Waals surface area contributed by atoms with Gasteiger partial charge in [-0.2, -0.15) is 0 Å². The predicted molar refractivity (Wildman–Crippen MR) is 107 cm³/mol. The van der Waals surface area contributed by atoms with Crippen molar-refractivity contribution in [2.75, 3.05) is 45.0 Å². The molecule has 0 atom stereocenters. The van der Waals surface area contributed by atoms with Gasteiger partial charge in [-0.25, -0.2) is 4.98 Å². The van der Waals surface area contributed by atoms with E-state index in [1.807, 2.05) is 6.07 Å². The molecule has 2 N–H and O–H groups in total. The Morgan fingerprint density at radius 3 is 2.41 bits per heavy atom. The van der Waals surface area contributed by atoms with Crippen molar-refractivity contribution in [2.45, 2.75) is 51.1 Å². The maximum Gasteiger partial charge on any atom is 0.225 e. The minimum Gasteiger partial charge on any atom is -0.383 e. The van der Waals surface area contributed by atoms with Crippen LogP contribution in [-0.2, 0) is 11.3 Å². The first kappa shape index (κ1) is 18.7. The maximum atomic E-state index is 12.6.